The van der Waals surface area contributed by atoms with E-state index in [-0.39, 0.29) is 11.9 Å². The Kier molecular flexibility index (Phi) is 4.95. The molecule has 0 aromatic carbocycles. The quantitative estimate of drug-likeness (QED) is 0.665. The third kappa shape index (κ3) is 3.74. The molecule has 0 fully saturated rings. The Balaban J connectivity index is 1.69. The average Bonchev–Trinajstić information content (AvgIpc) is 3.39. The fourth-order valence-corrected chi connectivity index (χ4v) is 4.47. The minimum Gasteiger partial charge on any atom is -0.382 e. The van der Waals surface area contributed by atoms with Crippen molar-refractivity contribution in [1.29, 1.82) is 0 Å². The Hall–Kier alpha value is -2.65. The number of rotatable bonds is 6. The van der Waals surface area contributed by atoms with Gasteiger partial charge in [0.1, 0.15) is 11.2 Å². The summed E-state index contributed by atoms with van der Waals surface area (Å²) in [5.74, 6) is -0.173. The van der Waals surface area contributed by atoms with Gasteiger partial charge in [0, 0.05) is 28.7 Å². The molecule has 138 valence electrons. The molecule has 1 amide bonds. The Labute approximate surface area is 164 Å². The number of amides is 1. The van der Waals surface area contributed by atoms with Gasteiger partial charge in [0.05, 0.1) is 40.4 Å². The molecule has 0 unspecified atom stereocenters. The summed E-state index contributed by atoms with van der Waals surface area (Å²) in [4.78, 5) is 32.7. The van der Waals surface area contributed by atoms with Crippen molar-refractivity contribution in [3.8, 4) is 9.75 Å². The van der Waals surface area contributed by atoms with E-state index in [1.165, 1.54) is 6.34 Å². The summed E-state index contributed by atoms with van der Waals surface area (Å²) >= 11 is 3.19. The molecule has 1 aliphatic heterocycles. The van der Waals surface area contributed by atoms with Gasteiger partial charge in [-0.2, -0.15) is 0 Å². The highest BCUT2D eigenvalue weighted by Crippen LogP contribution is 2.38. The lowest BCUT2D eigenvalue weighted by atomic mass is 10.1. The summed E-state index contributed by atoms with van der Waals surface area (Å²) in [5, 5.41) is 7.29. The number of nitrogens with zero attached hydrogens (tertiary/aromatic N) is 4. The number of nitrogens with one attached hydrogen (secondary N) is 2. The number of aliphatic imine (C=N–C) groups is 2. The fraction of sp³-hybridized carbons (Fsp3) is 0.278. The van der Waals surface area contributed by atoms with E-state index in [1.54, 1.807) is 28.9 Å². The molecule has 4 heterocycles. The first-order valence-corrected chi connectivity index (χ1v) is 10.2. The van der Waals surface area contributed by atoms with E-state index in [4.69, 9.17) is 0 Å². The number of carbonyl (C=O) groups excluding carboxylic acids is 1. The predicted octanol–water partition coefficient (Wildman–Crippen LogP) is 3.45. The summed E-state index contributed by atoms with van der Waals surface area (Å²) in [5.41, 5.74) is 4.00. The summed E-state index contributed by atoms with van der Waals surface area (Å²) in [6.45, 7) is 5.02. The smallest absolute Gasteiger partial charge is 0.255 e. The van der Waals surface area contributed by atoms with Crippen LogP contribution in [0, 0.1) is 0 Å². The van der Waals surface area contributed by atoms with Crippen molar-refractivity contribution >= 4 is 56.5 Å². The lowest BCUT2D eigenvalue weighted by Gasteiger charge is -2.15. The van der Waals surface area contributed by atoms with Gasteiger partial charge in [0.25, 0.3) is 5.91 Å². The molecule has 0 saturated carbocycles. The summed E-state index contributed by atoms with van der Waals surface area (Å²) in [6, 6.07) is 2.26. The van der Waals surface area contributed by atoms with Crippen LogP contribution < -0.4 is 10.6 Å². The first kappa shape index (κ1) is 17.7. The number of thiazole rings is 1. The normalized spacial score (nSPS) is 13.4. The molecule has 7 nitrogen and oxygen atoms in total. The zero-order valence-electron chi connectivity index (χ0n) is 14.9. The topological polar surface area (TPSA) is 91.6 Å². The zero-order chi connectivity index (χ0) is 18.8. The van der Waals surface area contributed by atoms with Crippen molar-refractivity contribution in [2.24, 2.45) is 9.98 Å². The third-order valence-corrected chi connectivity index (χ3v) is 5.98. The molecule has 9 heteroatoms. The molecule has 0 aliphatic carbocycles. The van der Waals surface area contributed by atoms with Crippen molar-refractivity contribution in [3.05, 3.63) is 29.5 Å². The van der Waals surface area contributed by atoms with Gasteiger partial charge in [0.15, 0.2) is 0 Å². The molecule has 2 N–H and O–H groups in total. The third-order valence-electron chi connectivity index (χ3n) is 3.96. The van der Waals surface area contributed by atoms with Gasteiger partial charge in [-0.05, 0) is 19.9 Å². The highest BCUT2D eigenvalue weighted by molar-refractivity contribution is 7.25. The van der Waals surface area contributed by atoms with Crippen LogP contribution in [-0.2, 0) is 0 Å². The molecule has 0 saturated heterocycles. The first-order chi connectivity index (χ1) is 13.1. The molecular formula is C18H18N6OS2. The molecular weight excluding hydrogens is 380 g/mol. The maximum absolute atomic E-state index is 12.8. The number of fused-ring (bicyclic) bond motifs is 1. The fourth-order valence-electron chi connectivity index (χ4n) is 2.75. The maximum Gasteiger partial charge on any atom is 0.255 e. The van der Waals surface area contributed by atoms with Crippen LogP contribution in [0.3, 0.4) is 0 Å². The largest absolute Gasteiger partial charge is 0.382 e. The molecule has 1 aliphatic rings. The number of anilines is 1. The van der Waals surface area contributed by atoms with Gasteiger partial charge in [-0.15, -0.1) is 22.7 Å². The van der Waals surface area contributed by atoms with Crippen LogP contribution in [0.4, 0.5) is 5.69 Å². The van der Waals surface area contributed by atoms with E-state index < -0.39 is 0 Å². The summed E-state index contributed by atoms with van der Waals surface area (Å²) < 4.78 is 0. The number of hydrogen-bond acceptors (Lipinski definition) is 8. The zero-order valence-corrected chi connectivity index (χ0v) is 16.5. The number of carbonyl (C=O) groups is 1. The van der Waals surface area contributed by atoms with Crippen LogP contribution in [0.1, 0.15) is 24.2 Å². The van der Waals surface area contributed by atoms with Gasteiger partial charge >= 0.3 is 0 Å². The summed E-state index contributed by atoms with van der Waals surface area (Å²) in [6.07, 6.45) is 5.01. The van der Waals surface area contributed by atoms with Crippen molar-refractivity contribution < 1.29 is 4.79 Å². The van der Waals surface area contributed by atoms with Gasteiger partial charge in [-0.3, -0.25) is 14.8 Å². The second kappa shape index (κ2) is 7.53. The number of pyridine rings is 1. The lowest BCUT2D eigenvalue weighted by Crippen LogP contribution is -2.31. The molecule has 3 aromatic heterocycles. The monoisotopic (exact) mass is 398 g/mol. The molecule has 0 bridgehead atoms. The Bertz CT molecular complexity index is 1040. The minimum absolute atomic E-state index is 0.173. The lowest BCUT2D eigenvalue weighted by molar-refractivity contribution is 0.0960. The van der Waals surface area contributed by atoms with E-state index in [2.05, 4.69) is 50.5 Å². The Morgan fingerprint density at radius 3 is 2.89 bits per heavy atom. The Morgan fingerprint density at radius 1 is 1.30 bits per heavy atom. The molecule has 27 heavy (non-hydrogen) atoms. The van der Waals surface area contributed by atoms with Crippen molar-refractivity contribution in [1.82, 2.24) is 15.3 Å². The van der Waals surface area contributed by atoms with Gasteiger partial charge in [-0.1, -0.05) is 0 Å². The predicted molar refractivity (Wildman–Crippen MR) is 113 cm³/mol. The van der Waals surface area contributed by atoms with E-state index >= 15 is 0 Å². The first-order valence-electron chi connectivity index (χ1n) is 8.52. The molecule has 0 spiro atoms. The number of hydrogen-bond donors (Lipinski definition) is 2. The second-order valence-corrected chi connectivity index (χ2v) is 8.29. The number of thiophene rings is 1. The standard InChI is InChI=1S/C18H18N6OS2/c1-10(2)24-16-12-3-14(15-7-20-9-26-15)27-18(12)22-6-13(16)17(25)21-5-11-4-19-8-23-11/h3,6-10H,4-5H2,1-2H3,(H,21,25)(H,22,24). The van der Waals surface area contributed by atoms with E-state index in [9.17, 15) is 4.79 Å². The van der Waals surface area contributed by atoms with Crippen LogP contribution in [0.25, 0.3) is 20.0 Å². The van der Waals surface area contributed by atoms with E-state index in [0.29, 0.717) is 18.7 Å². The highest BCUT2D eigenvalue weighted by Gasteiger charge is 2.19. The average molecular weight is 399 g/mol. The van der Waals surface area contributed by atoms with Crippen LogP contribution >= 0.6 is 22.7 Å². The van der Waals surface area contributed by atoms with Crippen LogP contribution in [0.5, 0.6) is 0 Å². The summed E-state index contributed by atoms with van der Waals surface area (Å²) in [7, 11) is 0. The van der Waals surface area contributed by atoms with Gasteiger partial charge in [-0.25, -0.2) is 9.98 Å². The van der Waals surface area contributed by atoms with Crippen LogP contribution in [-0.4, -0.2) is 47.1 Å². The molecule has 0 radical (unpaired) electrons. The number of aromatic nitrogens is 2. The van der Waals surface area contributed by atoms with Crippen LogP contribution in [0.15, 0.2) is 34.0 Å². The second-order valence-electron chi connectivity index (χ2n) is 6.38. The molecule has 4 rings (SSSR count). The minimum atomic E-state index is -0.173. The van der Waals surface area contributed by atoms with E-state index in [1.807, 2.05) is 11.7 Å². The van der Waals surface area contributed by atoms with Crippen LogP contribution in [0.2, 0.25) is 0 Å². The maximum atomic E-state index is 12.8. The molecule has 3 aromatic rings. The van der Waals surface area contributed by atoms with Gasteiger partial charge < -0.3 is 10.6 Å². The van der Waals surface area contributed by atoms with Gasteiger partial charge in [0.2, 0.25) is 0 Å². The highest BCUT2D eigenvalue weighted by atomic mass is 32.1. The van der Waals surface area contributed by atoms with Crippen molar-refractivity contribution in [3.63, 3.8) is 0 Å². The van der Waals surface area contributed by atoms with Crippen molar-refractivity contribution in [2.45, 2.75) is 19.9 Å². The van der Waals surface area contributed by atoms with Crippen molar-refractivity contribution in [2.75, 3.05) is 18.4 Å². The Morgan fingerprint density at radius 2 is 2.19 bits per heavy atom. The SMILES string of the molecule is CC(C)Nc1c(C(=O)NCC2=NC=NC2)cnc2sc(-c3cncs3)cc12. The van der Waals surface area contributed by atoms with E-state index in [0.717, 1.165) is 31.4 Å². The molecule has 0 atom stereocenters.